The molecule has 0 amide bonds. The Morgan fingerprint density at radius 2 is 1.96 bits per heavy atom. The van der Waals surface area contributed by atoms with Crippen LogP contribution in [0.1, 0.15) is 52.9 Å². The van der Waals surface area contributed by atoms with Crippen LogP contribution in [0.3, 0.4) is 0 Å². The van der Waals surface area contributed by atoms with Gasteiger partial charge in [-0.2, -0.15) is 0 Å². The first kappa shape index (κ1) is 18.0. The zero-order valence-corrected chi connectivity index (χ0v) is 15.9. The second-order valence-corrected chi connectivity index (χ2v) is 9.60. The maximum Gasteiger partial charge on any atom is 0.306 e. The van der Waals surface area contributed by atoms with E-state index in [-0.39, 0.29) is 28.4 Å². The van der Waals surface area contributed by atoms with Crippen LogP contribution >= 0.6 is 0 Å². The average molecular weight is 358 g/mol. The number of carbonyl (C=O) groups excluding carboxylic acids is 1. The number of rotatable bonds is 2. The number of allylic oxidation sites excluding steroid dienone is 3. The fraction of sp³-hybridized carbons (Fsp3) is 0.727. The third-order valence-corrected chi connectivity index (χ3v) is 8.64. The van der Waals surface area contributed by atoms with Crippen molar-refractivity contribution < 1.29 is 19.8 Å². The first-order valence-corrected chi connectivity index (χ1v) is 10.0. The van der Waals surface area contributed by atoms with Crippen LogP contribution in [0.25, 0.3) is 0 Å². The summed E-state index contributed by atoms with van der Waals surface area (Å²) in [5.74, 6) is 0.491. The standard InChI is InChI=1S/C22H30O4/c1-12(20(25)26)15-4-5-16-14-11-19(24)18-10-13(23)6-8-22(18,3)17(14)7-9-21(15,16)2/h6,8,10,12,14-17,19,24H,4-5,7,9,11H2,1-3H3,(H,25,26)/t12?,14-,15+,16-,17-,19-,21+,22+/m0/s1. The zero-order valence-electron chi connectivity index (χ0n) is 15.9. The third-order valence-electron chi connectivity index (χ3n) is 8.64. The van der Waals surface area contributed by atoms with E-state index < -0.39 is 12.1 Å². The van der Waals surface area contributed by atoms with Crippen LogP contribution in [-0.2, 0) is 9.59 Å². The number of hydrogen-bond donors (Lipinski definition) is 2. The number of hydrogen-bond acceptors (Lipinski definition) is 3. The summed E-state index contributed by atoms with van der Waals surface area (Å²) in [7, 11) is 0. The molecule has 26 heavy (non-hydrogen) atoms. The molecule has 2 N–H and O–H groups in total. The maximum atomic E-state index is 11.9. The molecule has 0 aromatic carbocycles. The second-order valence-electron chi connectivity index (χ2n) is 9.60. The average Bonchev–Trinajstić information content (AvgIpc) is 2.93. The Bertz CT molecular complexity index is 707. The molecule has 4 rings (SSSR count). The smallest absolute Gasteiger partial charge is 0.306 e. The fourth-order valence-corrected chi connectivity index (χ4v) is 7.28. The molecule has 4 aliphatic rings. The van der Waals surface area contributed by atoms with Crippen molar-refractivity contribution in [3.8, 4) is 0 Å². The minimum absolute atomic E-state index is 0.0214. The van der Waals surface area contributed by atoms with E-state index in [9.17, 15) is 19.8 Å². The van der Waals surface area contributed by atoms with Crippen LogP contribution in [0.2, 0.25) is 0 Å². The molecule has 0 spiro atoms. The van der Waals surface area contributed by atoms with Crippen molar-refractivity contribution in [3.63, 3.8) is 0 Å². The highest BCUT2D eigenvalue weighted by Crippen LogP contribution is 2.66. The molecular formula is C22H30O4. The molecule has 0 bridgehead atoms. The normalized spacial score (nSPS) is 48.2. The Kier molecular flexibility index (Phi) is 4.00. The summed E-state index contributed by atoms with van der Waals surface area (Å²) < 4.78 is 0. The van der Waals surface area contributed by atoms with Crippen molar-refractivity contribution in [1.82, 2.24) is 0 Å². The van der Waals surface area contributed by atoms with Crippen LogP contribution in [0, 0.1) is 40.4 Å². The highest BCUT2D eigenvalue weighted by Gasteiger charge is 2.60. The monoisotopic (exact) mass is 358 g/mol. The molecule has 3 saturated carbocycles. The molecule has 0 heterocycles. The predicted octanol–water partition coefficient (Wildman–Crippen LogP) is 3.60. The highest BCUT2D eigenvalue weighted by atomic mass is 16.4. The van der Waals surface area contributed by atoms with Gasteiger partial charge in [-0.25, -0.2) is 0 Å². The summed E-state index contributed by atoms with van der Waals surface area (Å²) in [6.45, 7) is 6.34. The van der Waals surface area contributed by atoms with Gasteiger partial charge in [0.05, 0.1) is 12.0 Å². The van der Waals surface area contributed by atoms with Crippen LogP contribution in [0.4, 0.5) is 0 Å². The first-order valence-electron chi connectivity index (χ1n) is 10.0. The van der Waals surface area contributed by atoms with Crippen LogP contribution in [0.5, 0.6) is 0 Å². The van der Waals surface area contributed by atoms with Gasteiger partial charge in [-0.15, -0.1) is 0 Å². The lowest BCUT2D eigenvalue weighted by atomic mass is 9.47. The predicted molar refractivity (Wildman–Crippen MR) is 98.3 cm³/mol. The third kappa shape index (κ3) is 2.30. The Labute approximate surface area is 155 Å². The molecule has 142 valence electrons. The van der Waals surface area contributed by atoms with E-state index in [1.165, 1.54) is 0 Å². The van der Waals surface area contributed by atoms with Gasteiger partial charge in [-0.1, -0.05) is 26.8 Å². The van der Waals surface area contributed by atoms with Gasteiger partial charge in [0, 0.05) is 5.41 Å². The van der Waals surface area contributed by atoms with Gasteiger partial charge < -0.3 is 10.2 Å². The number of carboxylic acid groups (broad SMARTS) is 1. The molecule has 0 saturated heterocycles. The molecule has 4 nitrogen and oxygen atoms in total. The van der Waals surface area contributed by atoms with E-state index in [4.69, 9.17) is 0 Å². The Morgan fingerprint density at radius 1 is 1.23 bits per heavy atom. The summed E-state index contributed by atoms with van der Waals surface area (Å²) in [5, 5.41) is 20.4. The quantitative estimate of drug-likeness (QED) is 0.791. The van der Waals surface area contributed by atoms with Gasteiger partial charge in [0.1, 0.15) is 0 Å². The van der Waals surface area contributed by atoms with Crippen LogP contribution in [0.15, 0.2) is 23.8 Å². The summed E-state index contributed by atoms with van der Waals surface area (Å²) in [4.78, 5) is 23.5. The molecule has 0 radical (unpaired) electrons. The van der Waals surface area contributed by atoms with E-state index in [1.54, 1.807) is 12.2 Å². The number of carboxylic acids is 1. The largest absolute Gasteiger partial charge is 0.481 e. The van der Waals surface area contributed by atoms with Gasteiger partial charge in [0.25, 0.3) is 0 Å². The molecule has 1 unspecified atom stereocenters. The summed E-state index contributed by atoms with van der Waals surface area (Å²) in [6, 6.07) is 0. The van der Waals surface area contributed by atoms with Crippen molar-refractivity contribution in [2.75, 3.05) is 0 Å². The van der Waals surface area contributed by atoms with Crippen LogP contribution in [-0.4, -0.2) is 28.1 Å². The van der Waals surface area contributed by atoms with Gasteiger partial charge >= 0.3 is 5.97 Å². The summed E-state index contributed by atoms with van der Waals surface area (Å²) >= 11 is 0. The first-order chi connectivity index (χ1) is 12.2. The van der Waals surface area contributed by atoms with E-state index >= 15 is 0 Å². The lowest BCUT2D eigenvalue weighted by Crippen LogP contribution is -2.53. The van der Waals surface area contributed by atoms with Crippen molar-refractivity contribution >= 4 is 11.8 Å². The number of ketones is 1. The minimum Gasteiger partial charge on any atom is -0.481 e. The topological polar surface area (TPSA) is 74.6 Å². The van der Waals surface area contributed by atoms with Gasteiger partial charge in [-0.05, 0) is 78.9 Å². The molecule has 0 aliphatic heterocycles. The summed E-state index contributed by atoms with van der Waals surface area (Å²) in [6.07, 6.45) is 9.61. The van der Waals surface area contributed by atoms with Crippen molar-refractivity contribution in [1.29, 1.82) is 0 Å². The highest BCUT2D eigenvalue weighted by molar-refractivity contribution is 6.01. The minimum atomic E-state index is -0.686. The molecule has 4 aliphatic carbocycles. The number of fused-ring (bicyclic) bond motifs is 5. The SMILES string of the molecule is CC(C(=O)O)[C@H]1CC[C@H]2[C@@H]3C[C@H](O)C4=CC(=O)C=C[C@]4(C)[C@H]3CC[C@]12C. The molecule has 8 atom stereocenters. The van der Waals surface area contributed by atoms with Crippen LogP contribution < -0.4 is 0 Å². The molecular weight excluding hydrogens is 328 g/mol. The number of carbonyl (C=O) groups is 2. The number of aliphatic carboxylic acids is 1. The zero-order chi connectivity index (χ0) is 18.9. The summed E-state index contributed by atoms with van der Waals surface area (Å²) in [5.41, 5.74) is 0.696. The number of aliphatic hydroxyl groups is 1. The number of aliphatic hydroxyl groups excluding tert-OH is 1. The maximum absolute atomic E-state index is 11.9. The van der Waals surface area contributed by atoms with Crippen molar-refractivity contribution in [2.45, 2.75) is 59.0 Å². The molecule has 0 aromatic heterocycles. The van der Waals surface area contributed by atoms with Crippen molar-refractivity contribution in [3.05, 3.63) is 23.8 Å². The van der Waals surface area contributed by atoms with Crippen molar-refractivity contribution in [2.24, 2.45) is 40.4 Å². The molecule has 3 fully saturated rings. The Morgan fingerprint density at radius 3 is 2.65 bits per heavy atom. The second kappa shape index (κ2) is 5.79. The van der Waals surface area contributed by atoms with E-state index in [1.807, 2.05) is 13.0 Å². The Balaban J connectivity index is 1.68. The van der Waals surface area contributed by atoms with E-state index in [0.717, 1.165) is 31.3 Å². The fourth-order valence-electron chi connectivity index (χ4n) is 7.28. The lowest BCUT2D eigenvalue weighted by Gasteiger charge is -2.58. The van der Waals surface area contributed by atoms with Gasteiger partial charge in [0.2, 0.25) is 0 Å². The molecule has 4 heteroatoms. The van der Waals surface area contributed by atoms with Gasteiger partial charge in [-0.3, -0.25) is 9.59 Å². The Hall–Kier alpha value is -1.42. The van der Waals surface area contributed by atoms with Gasteiger partial charge in [0.15, 0.2) is 5.78 Å². The lowest BCUT2D eigenvalue weighted by molar-refractivity contribution is -0.146. The van der Waals surface area contributed by atoms with E-state index in [0.29, 0.717) is 24.2 Å². The van der Waals surface area contributed by atoms with E-state index in [2.05, 4.69) is 13.8 Å². The molecule has 0 aromatic rings.